The second kappa shape index (κ2) is 14.5. The third-order valence-electron chi connectivity index (χ3n) is 12.4. The predicted octanol–water partition coefficient (Wildman–Crippen LogP) is 3.86. The van der Waals surface area contributed by atoms with Crippen LogP contribution in [-0.2, 0) is 57.8 Å². The molecule has 0 saturated heterocycles. The van der Waals surface area contributed by atoms with Crippen molar-refractivity contribution in [1.29, 1.82) is 0 Å². The minimum atomic E-state index is -5.84. The molecule has 0 bridgehead atoms. The van der Waals surface area contributed by atoms with Crippen LogP contribution in [0.1, 0.15) is 85.5 Å². The number of halogens is 2. The zero-order chi connectivity index (χ0) is 35.7. The van der Waals surface area contributed by atoms with Crippen molar-refractivity contribution < 1.29 is 69.4 Å². The zero-order valence-electron chi connectivity index (χ0n) is 27.6. The van der Waals surface area contributed by atoms with Gasteiger partial charge in [0.15, 0.2) is 12.7 Å². The van der Waals surface area contributed by atoms with E-state index in [0.717, 1.165) is 25.7 Å². The van der Waals surface area contributed by atoms with Crippen LogP contribution < -0.4 is 0 Å². The molecule has 0 heterocycles. The van der Waals surface area contributed by atoms with Crippen molar-refractivity contribution in [2.45, 2.75) is 115 Å². The highest BCUT2D eigenvalue weighted by Crippen LogP contribution is 2.69. The molecular weight excluding hydrogens is 662 g/mol. The first-order chi connectivity index (χ1) is 22.4. The molecule has 1 N–H and O–H groups in total. The molecule has 4 saturated carbocycles. The van der Waals surface area contributed by atoms with E-state index in [1.165, 1.54) is 0 Å². The summed E-state index contributed by atoms with van der Waals surface area (Å²) in [6, 6.07) is 0. The van der Waals surface area contributed by atoms with E-state index in [-0.39, 0.29) is 59.6 Å². The van der Waals surface area contributed by atoms with Gasteiger partial charge in [0.25, 0.3) is 19.4 Å². The molecule has 0 amide bonds. The summed E-state index contributed by atoms with van der Waals surface area (Å²) in [5, 5.41) is -4.75. The van der Waals surface area contributed by atoms with E-state index < -0.39 is 51.5 Å². The van der Waals surface area contributed by atoms with Gasteiger partial charge in [-0.1, -0.05) is 20.8 Å². The highest BCUT2D eigenvalue weighted by molar-refractivity contribution is 7.86. The monoisotopic (exact) mass is 708 g/mol. The van der Waals surface area contributed by atoms with Gasteiger partial charge in [0.1, 0.15) is 18.3 Å². The van der Waals surface area contributed by atoms with E-state index in [2.05, 4.69) is 18.6 Å². The third-order valence-corrected chi connectivity index (χ3v) is 13.4. The molecule has 4 fully saturated rings. The van der Waals surface area contributed by atoms with E-state index in [0.29, 0.717) is 52.0 Å². The fourth-order valence-corrected chi connectivity index (χ4v) is 10.5. The second-order valence-electron chi connectivity index (χ2n) is 14.5. The zero-order valence-corrected chi connectivity index (χ0v) is 28.4. The van der Waals surface area contributed by atoms with E-state index in [9.17, 15) is 41.2 Å². The number of esters is 2. The van der Waals surface area contributed by atoms with Crippen LogP contribution in [0.3, 0.4) is 0 Å². The van der Waals surface area contributed by atoms with E-state index >= 15 is 0 Å². The molecule has 0 aromatic carbocycles. The van der Waals surface area contributed by atoms with Crippen LogP contribution in [-0.4, -0.2) is 80.6 Å². The number of alkyl halides is 2. The Morgan fingerprint density at radius 1 is 0.938 bits per heavy atom. The van der Waals surface area contributed by atoms with Gasteiger partial charge in [-0.25, -0.2) is 4.79 Å². The number of carbonyl (C=O) groups is 5. The minimum absolute atomic E-state index is 0.00816. The van der Waals surface area contributed by atoms with Crippen molar-refractivity contribution in [3.63, 3.8) is 0 Å². The van der Waals surface area contributed by atoms with Crippen molar-refractivity contribution in [2.75, 3.05) is 6.61 Å². The van der Waals surface area contributed by atoms with Crippen LogP contribution >= 0.6 is 0 Å². The van der Waals surface area contributed by atoms with Crippen LogP contribution in [0.4, 0.5) is 8.78 Å². The Morgan fingerprint density at radius 2 is 1.60 bits per heavy atom. The van der Waals surface area contributed by atoms with Crippen molar-refractivity contribution in [3.8, 4) is 0 Å². The molecule has 0 aromatic rings. The molecule has 0 aliphatic heterocycles. The minimum Gasteiger partial charge on any atom is -0.465 e. The number of hydrogen-bond acceptors (Lipinski definition) is 12. The molecule has 48 heavy (non-hydrogen) atoms. The second-order valence-corrected chi connectivity index (χ2v) is 16.0. The van der Waals surface area contributed by atoms with Crippen molar-refractivity contribution >= 4 is 41.5 Å². The fraction of sp³-hybridized carbons (Fsp3) is 0.844. The normalized spacial score (nSPS) is 37.3. The average molecular weight is 709 g/mol. The Balaban J connectivity index is 1.44. The van der Waals surface area contributed by atoms with Gasteiger partial charge in [-0.3, -0.25) is 23.7 Å². The van der Waals surface area contributed by atoms with Gasteiger partial charge >= 0.3 is 27.3 Å². The first kappa shape index (κ1) is 37.9. The predicted molar refractivity (Wildman–Crippen MR) is 160 cm³/mol. The van der Waals surface area contributed by atoms with E-state index in [1.54, 1.807) is 0 Å². The summed E-state index contributed by atoms with van der Waals surface area (Å²) in [5.41, 5.74) is -0.647. The van der Waals surface area contributed by atoms with Crippen LogP contribution in [0.5, 0.6) is 0 Å². The Hall–Kier alpha value is -2.88. The molecule has 12 atom stereocenters. The first-order valence-corrected chi connectivity index (χ1v) is 17.9. The summed E-state index contributed by atoms with van der Waals surface area (Å²) in [6.45, 7) is 7.34. The lowest BCUT2D eigenvalue weighted by Crippen LogP contribution is -2.63. The molecule has 4 rings (SSSR count). The molecule has 13 nitrogen and oxygen atoms in total. The van der Waals surface area contributed by atoms with Gasteiger partial charge in [-0.05, 0) is 93.3 Å². The molecule has 0 radical (unpaired) electrons. The molecule has 4 aliphatic rings. The summed E-state index contributed by atoms with van der Waals surface area (Å²) in [7, 11) is -5.84. The van der Waals surface area contributed by atoms with Crippen molar-refractivity contribution in [2.24, 2.45) is 46.3 Å². The molecule has 4 aliphatic carbocycles. The Morgan fingerprint density at radius 3 is 2.23 bits per heavy atom. The summed E-state index contributed by atoms with van der Waals surface area (Å²) >= 11 is 0. The van der Waals surface area contributed by atoms with E-state index in [1.807, 2.05) is 6.92 Å². The molecule has 0 aromatic heterocycles. The Kier molecular flexibility index (Phi) is 11.5. The molecule has 0 spiro atoms. The van der Waals surface area contributed by atoms with Gasteiger partial charge in [0.05, 0.1) is 0 Å². The first-order valence-electron chi connectivity index (χ1n) is 16.4. The number of ether oxygens (including phenoxy) is 5. The Labute approximate surface area is 278 Å². The van der Waals surface area contributed by atoms with Gasteiger partial charge < -0.3 is 23.7 Å². The average Bonchev–Trinajstić information content (AvgIpc) is 3.37. The maximum absolute atomic E-state index is 13.7. The van der Waals surface area contributed by atoms with Crippen LogP contribution in [0.25, 0.3) is 0 Å². The summed E-state index contributed by atoms with van der Waals surface area (Å²) in [4.78, 5) is 59.1. The van der Waals surface area contributed by atoms with Crippen molar-refractivity contribution in [3.05, 3.63) is 0 Å². The van der Waals surface area contributed by atoms with Gasteiger partial charge in [0.2, 0.25) is 0 Å². The maximum atomic E-state index is 13.7. The fourth-order valence-electron chi connectivity index (χ4n) is 10.0. The van der Waals surface area contributed by atoms with Crippen LogP contribution in [0.2, 0.25) is 0 Å². The molecular formula is C32H46F2O13S. The van der Waals surface area contributed by atoms with Crippen molar-refractivity contribution in [1.82, 2.24) is 0 Å². The van der Waals surface area contributed by atoms with E-state index in [4.69, 9.17) is 23.5 Å². The maximum Gasteiger partial charge on any atom is 0.405 e. The number of hydrogen-bond donors (Lipinski definition) is 1. The number of carbonyl (C=O) groups excluding carboxylic acids is 5. The standard InChI is InChI=1S/C32H46F2O13S/c1-18(5-8-27(38)43-14-28(39)47-19(2)32(33,34)48(40,41)42)22-6-7-23-29-24(13-26(46-17-37)31(22,23)4)30(3)10-9-21(44-15-35)11-20(30)12-25(29)45-16-36/h15-26,29H,5-14H2,1-4H3,(H,40,41,42)/t18-,19?,20+,21?,22-,23+,24+,25?,26?,29+,30+,31-/m1/s1. The Bertz CT molecular complexity index is 1330. The molecule has 16 heteroatoms. The lowest BCUT2D eigenvalue weighted by Gasteiger charge is -2.64. The summed E-state index contributed by atoms with van der Waals surface area (Å²) in [6.07, 6.45) is 1.71. The number of rotatable bonds is 15. The van der Waals surface area contributed by atoms with Crippen LogP contribution in [0.15, 0.2) is 0 Å². The molecule has 4 unspecified atom stereocenters. The summed E-state index contributed by atoms with van der Waals surface area (Å²) < 4.78 is 83.9. The lowest BCUT2D eigenvalue weighted by atomic mass is 9.43. The summed E-state index contributed by atoms with van der Waals surface area (Å²) in [5.74, 6) is -1.98. The smallest absolute Gasteiger partial charge is 0.405 e. The SMILES string of the molecule is CC(OC(=O)COC(=O)CC[C@@H](C)[C@H]1CC[C@H]2[C@@H]3C(OC=O)C[C@@H]4CC(OC=O)CC[C@]4(C)[C@H]3CC(OC=O)[C@]12C)C(F)(F)S(=O)(=O)O. The highest BCUT2D eigenvalue weighted by atomic mass is 32.2. The number of fused-ring (bicyclic) bond motifs is 5. The highest BCUT2D eigenvalue weighted by Gasteiger charge is 2.67. The topological polar surface area (TPSA) is 186 Å². The lowest BCUT2D eigenvalue weighted by molar-refractivity contribution is -0.218. The largest absolute Gasteiger partial charge is 0.465 e. The van der Waals surface area contributed by atoms with Gasteiger partial charge in [-0.15, -0.1) is 0 Å². The molecule has 272 valence electrons. The van der Waals surface area contributed by atoms with Crippen LogP contribution in [0, 0.1) is 46.3 Å². The third kappa shape index (κ3) is 7.06. The van der Waals surface area contributed by atoms with Gasteiger partial charge in [-0.2, -0.15) is 17.2 Å². The quantitative estimate of drug-likeness (QED) is 0.112. The van der Waals surface area contributed by atoms with Gasteiger partial charge in [0, 0.05) is 17.8 Å².